The van der Waals surface area contributed by atoms with Gasteiger partial charge in [-0.25, -0.2) is 0 Å². The molecule has 0 aliphatic carbocycles. The largest absolute Gasteiger partial charge is 0.333 e. The Kier molecular flexibility index (Phi) is 8.84. The lowest BCUT2D eigenvalue weighted by atomic mass is 9.98. The second-order valence-electron chi connectivity index (χ2n) is 5.98. The quantitative estimate of drug-likeness (QED) is 0.856. The summed E-state index contributed by atoms with van der Waals surface area (Å²) in [5.74, 6) is 0.455. The van der Waals surface area contributed by atoms with E-state index in [2.05, 4.69) is 20.5 Å². The summed E-state index contributed by atoms with van der Waals surface area (Å²) < 4.78 is 0. The number of halogens is 2. The van der Waals surface area contributed by atoms with Crippen LogP contribution in [-0.4, -0.2) is 48.0 Å². The van der Waals surface area contributed by atoms with Crippen LogP contribution in [0, 0.1) is 5.92 Å². The van der Waals surface area contributed by atoms with E-state index in [0.29, 0.717) is 18.5 Å². The Balaban J connectivity index is 0.00000132. The summed E-state index contributed by atoms with van der Waals surface area (Å²) in [6.45, 7) is 4.35. The molecule has 2 aliphatic rings. The molecule has 2 aliphatic heterocycles. The Bertz CT molecular complexity index is 462. The van der Waals surface area contributed by atoms with Gasteiger partial charge in [0.25, 0.3) is 0 Å². The Labute approximate surface area is 150 Å². The molecule has 1 aromatic heterocycles. The number of aromatic nitrogens is 1. The molecular weight excluding hydrogens is 335 g/mol. The number of carbonyl (C=O) groups is 1. The molecule has 3 heterocycles. The van der Waals surface area contributed by atoms with Gasteiger partial charge in [0, 0.05) is 25.3 Å². The summed E-state index contributed by atoms with van der Waals surface area (Å²) in [5.41, 5.74) is 0.982. The predicted octanol–water partition coefficient (Wildman–Crippen LogP) is 1.62. The monoisotopic (exact) mass is 360 g/mol. The molecule has 1 atom stereocenters. The van der Waals surface area contributed by atoms with Crippen LogP contribution >= 0.6 is 24.8 Å². The summed E-state index contributed by atoms with van der Waals surface area (Å²) >= 11 is 0. The molecule has 2 fully saturated rings. The number of nitrogens with one attached hydrogen (secondary N) is 2. The summed E-state index contributed by atoms with van der Waals surface area (Å²) in [4.78, 5) is 19.3. The van der Waals surface area contributed by atoms with Crippen LogP contribution in [0.4, 0.5) is 0 Å². The number of hydrogen-bond donors (Lipinski definition) is 2. The molecule has 23 heavy (non-hydrogen) atoms. The number of carbonyl (C=O) groups excluding carboxylic acids is 1. The number of rotatable bonds is 4. The van der Waals surface area contributed by atoms with Gasteiger partial charge in [-0.2, -0.15) is 0 Å². The van der Waals surface area contributed by atoms with Crippen molar-refractivity contribution in [3.05, 3.63) is 30.1 Å². The van der Waals surface area contributed by atoms with Crippen LogP contribution < -0.4 is 10.6 Å². The highest BCUT2D eigenvalue weighted by atomic mass is 35.5. The first-order chi connectivity index (χ1) is 10.3. The van der Waals surface area contributed by atoms with E-state index in [9.17, 15) is 4.79 Å². The first-order valence-electron chi connectivity index (χ1n) is 7.96. The molecule has 3 rings (SSSR count). The highest BCUT2D eigenvalue weighted by Crippen LogP contribution is 2.20. The Morgan fingerprint density at radius 3 is 2.65 bits per heavy atom. The Morgan fingerprint density at radius 2 is 2.00 bits per heavy atom. The summed E-state index contributed by atoms with van der Waals surface area (Å²) in [5, 5.41) is 6.63. The number of hydrogen-bond acceptors (Lipinski definition) is 4. The van der Waals surface area contributed by atoms with Gasteiger partial charge >= 0.3 is 0 Å². The lowest BCUT2D eigenvalue weighted by molar-refractivity contribution is -0.140. The molecule has 0 aromatic carbocycles. The van der Waals surface area contributed by atoms with Crippen LogP contribution in [0.5, 0.6) is 0 Å². The minimum atomic E-state index is 0. The third-order valence-electron chi connectivity index (χ3n) is 4.46. The van der Waals surface area contributed by atoms with Crippen LogP contribution in [0.1, 0.15) is 25.0 Å². The molecule has 130 valence electrons. The average molecular weight is 361 g/mol. The van der Waals surface area contributed by atoms with Crippen molar-refractivity contribution >= 4 is 30.7 Å². The molecule has 2 saturated heterocycles. The predicted molar refractivity (Wildman–Crippen MR) is 96.2 cm³/mol. The highest BCUT2D eigenvalue weighted by molar-refractivity contribution is 5.85. The smallest absolute Gasteiger partial charge is 0.228 e. The van der Waals surface area contributed by atoms with Crippen molar-refractivity contribution < 1.29 is 4.79 Å². The second kappa shape index (κ2) is 10.1. The number of amides is 1. The maximum absolute atomic E-state index is 12.8. The van der Waals surface area contributed by atoms with Crippen LogP contribution in [0.3, 0.4) is 0 Å². The van der Waals surface area contributed by atoms with Gasteiger partial charge in [0.2, 0.25) is 5.91 Å². The van der Waals surface area contributed by atoms with Crippen LogP contribution in [0.15, 0.2) is 24.4 Å². The zero-order valence-electron chi connectivity index (χ0n) is 13.2. The summed E-state index contributed by atoms with van der Waals surface area (Å²) in [7, 11) is 0. The van der Waals surface area contributed by atoms with E-state index in [1.165, 1.54) is 0 Å². The van der Waals surface area contributed by atoms with E-state index in [-0.39, 0.29) is 30.7 Å². The molecule has 2 N–H and O–H groups in total. The average Bonchev–Trinajstić information content (AvgIpc) is 2.73. The van der Waals surface area contributed by atoms with Gasteiger partial charge in [-0.15, -0.1) is 24.8 Å². The van der Waals surface area contributed by atoms with Gasteiger partial charge < -0.3 is 15.5 Å². The molecule has 1 aromatic rings. The zero-order chi connectivity index (χ0) is 14.5. The normalized spacial score (nSPS) is 21.1. The first-order valence-corrected chi connectivity index (χ1v) is 7.96. The second-order valence-corrected chi connectivity index (χ2v) is 5.98. The van der Waals surface area contributed by atoms with Crippen molar-refractivity contribution in [2.75, 3.05) is 26.2 Å². The van der Waals surface area contributed by atoms with Crippen LogP contribution in [-0.2, 0) is 11.3 Å². The van der Waals surface area contributed by atoms with Gasteiger partial charge in [-0.3, -0.25) is 9.78 Å². The molecule has 0 saturated carbocycles. The SMILES string of the molecule is Cl.Cl.O=C(C1CNC1)N(Cc1ccccn1)C1CCCNCC1. The number of nitrogens with zero attached hydrogens (tertiary/aromatic N) is 2. The van der Waals surface area contributed by atoms with E-state index >= 15 is 0 Å². The van der Waals surface area contributed by atoms with Crippen molar-refractivity contribution in [2.45, 2.75) is 31.8 Å². The van der Waals surface area contributed by atoms with E-state index in [4.69, 9.17) is 0 Å². The van der Waals surface area contributed by atoms with E-state index < -0.39 is 0 Å². The summed E-state index contributed by atoms with van der Waals surface area (Å²) in [6, 6.07) is 6.26. The molecular formula is C16H26Cl2N4O. The maximum Gasteiger partial charge on any atom is 0.228 e. The maximum atomic E-state index is 12.8. The van der Waals surface area contributed by atoms with Gasteiger partial charge in [-0.1, -0.05) is 6.07 Å². The third-order valence-corrected chi connectivity index (χ3v) is 4.46. The molecule has 1 amide bonds. The fraction of sp³-hybridized carbons (Fsp3) is 0.625. The van der Waals surface area contributed by atoms with E-state index in [1.807, 2.05) is 18.2 Å². The standard InChI is InChI=1S/C16H24N4O.2ClH/c21-16(13-10-18-11-13)20(12-14-4-1-2-8-19-14)15-5-3-7-17-9-6-15;;/h1-2,4,8,13,15,17-18H,3,5-7,9-12H2;2*1H. The van der Waals surface area contributed by atoms with E-state index in [0.717, 1.165) is 51.1 Å². The molecule has 0 radical (unpaired) electrons. The minimum Gasteiger partial charge on any atom is -0.333 e. The van der Waals surface area contributed by atoms with Gasteiger partial charge in [0.15, 0.2) is 0 Å². The van der Waals surface area contributed by atoms with Gasteiger partial charge in [-0.05, 0) is 44.5 Å². The topological polar surface area (TPSA) is 57.3 Å². The molecule has 7 heteroatoms. The molecule has 5 nitrogen and oxygen atoms in total. The van der Waals surface area contributed by atoms with Crippen molar-refractivity contribution in [3.63, 3.8) is 0 Å². The fourth-order valence-electron chi connectivity index (χ4n) is 3.06. The lowest BCUT2D eigenvalue weighted by Crippen LogP contribution is -2.54. The third kappa shape index (κ3) is 5.31. The highest BCUT2D eigenvalue weighted by Gasteiger charge is 2.33. The fourth-order valence-corrected chi connectivity index (χ4v) is 3.06. The van der Waals surface area contributed by atoms with Crippen molar-refractivity contribution in [3.8, 4) is 0 Å². The van der Waals surface area contributed by atoms with Crippen molar-refractivity contribution in [1.82, 2.24) is 20.5 Å². The first kappa shape index (κ1) is 20.2. The van der Waals surface area contributed by atoms with Gasteiger partial charge in [0.05, 0.1) is 18.2 Å². The van der Waals surface area contributed by atoms with Crippen LogP contribution in [0.2, 0.25) is 0 Å². The minimum absolute atomic E-state index is 0. The van der Waals surface area contributed by atoms with Crippen LogP contribution in [0.25, 0.3) is 0 Å². The van der Waals surface area contributed by atoms with Crippen molar-refractivity contribution in [2.24, 2.45) is 5.92 Å². The molecule has 0 bridgehead atoms. The Morgan fingerprint density at radius 1 is 1.17 bits per heavy atom. The number of pyridine rings is 1. The van der Waals surface area contributed by atoms with Gasteiger partial charge in [0.1, 0.15) is 0 Å². The van der Waals surface area contributed by atoms with E-state index in [1.54, 1.807) is 6.20 Å². The molecule has 1 unspecified atom stereocenters. The Hall–Kier alpha value is -0.880. The molecule has 0 spiro atoms. The van der Waals surface area contributed by atoms with Crippen molar-refractivity contribution in [1.29, 1.82) is 0 Å². The summed E-state index contributed by atoms with van der Waals surface area (Å²) in [6.07, 6.45) is 5.07. The zero-order valence-corrected chi connectivity index (χ0v) is 14.9. The lowest BCUT2D eigenvalue weighted by Gasteiger charge is -2.37.